The van der Waals surface area contributed by atoms with Gasteiger partial charge >= 0.3 is 0 Å². The lowest BCUT2D eigenvalue weighted by Crippen LogP contribution is -2.37. The van der Waals surface area contributed by atoms with Gasteiger partial charge in [-0.25, -0.2) is 4.98 Å². The number of benzene rings is 1. The van der Waals surface area contributed by atoms with E-state index in [-0.39, 0.29) is 23.3 Å². The number of ketones is 1. The predicted molar refractivity (Wildman–Crippen MR) is 122 cm³/mol. The molecule has 5 heteroatoms. The minimum absolute atomic E-state index is 0.0221. The summed E-state index contributed by atoms with van der Waals surface area (Å²) in [6.45, 7) is 7.74. The first-order chi connectivity index (χ1) is 15.0. The number of imidazole rings is 1. The number of nitrogens with zero attached hydrogens (tertiary/aromatic N) is 2. The number of carbonyl (C=O) groups excluding carboxylic acids is 2. The fourth-order valence-electron chi connectivity index (χ4n) is 4.39. The summed E-state index contributed by atoms with van der Waals surface area (Å²) in [6, 6.07) is 8.23. The molecule has 0 bridgehead atoms. The lowest BCUT2D eigenvalue weighted by Gasteiger charge is -2.18. The van der Waals surface area contributed by atoms with Crippen molar-refractivity contribution in [2.45, 2.75) is 56.5 Å². The van der Waals surface area contributed by atoms with Crippen LogP contribution in [0.2, 0.25) is 0 Å². The molecule has 1 aliphatic heterocycles. The van der Waals surface area contributed by atoms with E-state index in [4.69, 9.17) is 0 Å². The largest absolute Gasteiger partial charge is 0.347 e. The summed E-state index contributed by atoms with van der Waals surface area (Å²) in [7, 11) is 0. The van der Waals surface area contributed by atoms with Crippen LogP contribution in [0.15, 0.2) is 73.7 Å². The first kappa shape index (κ1) is 21.0. The molecule has 1 aromatic heterocycles. The number of unbranched alkanes of at least 4 members (excludes halogenated alkanes) is 1. The van der Waals surface area contributed by atoms with Crippen LogP contribution < -0.4 is 5.32 Å². The van der Waals surface area contributed by atoms with Crippen LogP contribution in [0.3, 0.4) is 0 Å². The summed E-state index contributed by atoms with van der Waals surface area (Å²) in [5.41, 5.74) is 4.07. The average molecular weight is 416 g/mol. The van der Waals surface area contributed by atoms with Gasteiger partial charge in [0.25, 0.3) is 0 Å². The highest BCUT2D eigenvalue weighted by molar-refractivity contribution is 5.81. The Labute approximate surface area is 183 Å². The summed E-state index contributed by atoms with van der Waals surface area (Å²) in [5.74, 6) is 0.259. The number of nitrogens with one attached hydrogen (secondary N) is 1. The van der Waals surface area contributed by atoms with Crippen molar-refractivity contribution in [3.05, 3.63) is 79.3 Å². The lowest BCUT2D eigenvalue weighted by atomic mass is 9.97. The molecule has 1 fully saturated rings. The van der Waals surface area contributed by atoms with E-state index < -0.39 is 0 Å². The Morgan fingerprint density at radius 3 is 2.77 bits per heavy atom. The molecule has 0 spiro atoms. The van der Waals surface area contributed by atoms with Gasteiger partial charge in [0.15, 0.2) is 0 Å². The Kier molecular flexibility index (Phi) is 6.03. The highest BCUT2D eigenvalue weighted by Crippen LogP contribution is 2.42. The molecule has 2 aromatic rings. The zero-order valence-electron chi connectivity index (χ0n) is 17.8. The van der Waals surface area contributed by atoms with Crippen LogP contribution in [0.4, 0.5) is 0 Å². The second kappa shape index (κ2) is 8.88. The topological polar surface area (TPSA) is 64.0 Å². The van der Waals surface area contributed by atoms with E-state index in [2.05, 4.69) is 40.2 Å². The standard InChI is InChI=1S/C26H29N3O2/c1-3-4-9-19(2)26(14-15-26)28-25(31)13-8-5-10-20(30)16-23-21-11-6-7-12-22(21)24-17-27-18-29(23)24/h3-4,6-7,9,11-12,17-18,23H,1-2,5,8,10,13-16H2,(H,28,31)/b9-4-. The van der Waals surface area contributed by atoms with Crippen LogP contribution in [0.25, 0.3) is 11.3 Å². The number of hydrogen-bond acceptors (Lipinski definition) is 3. The molecule has 31 heavy (non-hydrogen) atoms. The van der Waals surface area contributed by atoms with E-state index in [9.17, 15) is 9.59 Å². The zero-order chi connectivity index (χ0) is 21.8. The van der Waals surface area contributed by atoms with Crippen LogP contribution in [0.1, 0.15) is 56.6 Å². The molecule has 1 unspecified atom stereocenters. The van der Waals surface area contributed by atoms with Gasteiger partial charge in [-0.2, -0.15) is 0 Å². The summed E-state index contributed by atoms with van der Waals surface area (Å²) >= 11 is 0. The van der Waals surface area contributed by atoms with Crippen LogP contribution in [-0.4, -0.2) is 26.8 Å². The normalized spacial score (nSPS) is 17.7. The van der Waals surface area contributed by atoms with Gasteiger partial charge < -0.3 is 9.88 Å². The Morgan fingerprint density at radius 1 is 1.23 bits per heavy atom. The average Bonchev–Trinajstić information content (AvgIpc) is 3.28. The predicted octanol–water partition coefficient (Wildman–Crippen LogP) is 4.92. The Hall–Kier alpha value is -3.21. The molecule has 1 amide bonds. The van der Waals surface area contributed by atoms with E-state index in [1.54, 1.807) is 6.08 Å². The van der Waals surface area contributed by atoms with Gasteiger partial charge in [-0.3, -0.25) is 9.59 Å². The van der Waals surface area contributed by atoms with Crippen molar-refractivity contribution in [1.29, 1.82) is 0 Å². The number of rotatable bonds is 11. The van der Waals surface area contributed by atoms with Crippen molar-refractivity contribution in [2.24, 2.45) is 0 Å². The number of fused-ring (bicyclic) bond motifs is 3. The molecular weight excluding hydrogens is 386 g/mol. The van der Waals surface area contributed by atoms with Crippen LogP contribution in [0, 0.1) is 0 Å². The van der Waals surface area contributed by atoms with Crippen molar-refractivity contribution in [3.63, 3.8) is 0 Å². The molecule has 4 rings (SSSR count). The third kappa shape index (κ3) is 4.46. The second-order valence-electron chi connectivity index (χ2n) is 8.49. The highest BCUT2D eigenvalue weighted by atomic mass is 16.1. The number of aromatic nitrogens is 2. The smallest absolute Gasteiger partial charge is 0.220 e. The SMILES string of the molecule is C=C/C=C\C(=C)C1(NC(=O)CCCCC(=O)CC2c3ccccc3-c3cncn32)CC1. The second-order valence-corrected chi connectivity index (χ2v) is 8.49. The Bertz CT molecular complexity index is 1040. The van der Waals surface area contributed by atoms with Crippen LogP contribution >= 0.6 is 0 Å². The molecule has 2 aliphatic rings. The molecule has 1 N–H and O–H groups in total. The molecule has 1 aromatic carbocycles. The molecular formula is C26H29N3O2. The van der Waals surface area contributed by atoms with E-state index in [0.29, 0.717) is 25.7 Å². The number of allylic oxidation sites excluding steroid dienone is 2. The van der Waals surface area contributed by atoms with E-state index in [1.165, 1.54) is 5.56 Å². The molecule has 1 saturated carbocycles. The quantitative estimate of drug-likeness (QED) is 0.418. The monoisotopic (exact) mass is 415 g/mol. The van der Waals surface area contributed by atoms with Crippen LogP contribution in [0.5, 0.6) is 0 Å². The van der Waals surface area contributed by atoms with E-state index in [0.717, 1.165) is 36.1 Å². The Balaban J connectivity index is 1.22. The van der Waals surface area contributed by atoms with Gasteiger partial charge in [-0.15, -0.1) is 0 Å². The molecule has 1 aliphatic carbocycles. The maximum absolute atomic E-state index is 12.7. The first-order valence-electron chi connectivity index (χ1n) is 11.0. The van der Waals surface area contributed by atoms with Crippen LogP contribution in [-0.2, 0) is 9.59 Å². The Morgan fingerprint density at radius 2 is 2.00 bits per heavy atom. The highest BCUT2D eigenvalue weighted by Gasteiger charge is 2.45. The fraction of sp³-hybridized carbons (Fsp3) is 0.346. The van der Waals surface area contributed by atoms with E-state index in [1.807, 2.05) is 36.8 Å². The van der Waals surface area contributed by atoms with Crippen molar-refractivity contribution < 1.29 is 9.59 Å². The minimum atomic E-state index is -0.273. The summed E-state index contributed by atoms with van der Waals surface area (Å²) < 4.78 is 2.10. The maximum atomic E-state index is 12.7. The van der Waals surface area contributed by atoms with Crippen molar-refractivity contribution in [2.75, 3.05) is 0 Å². The van der Waals surface area contributed by atoms with Gasteiger partial charge in [0.2, 0.25) is 5.91 Å². The first-order valence-corrected chi connectivity index (χ1v) is 11.0. The molecule has 160 valence electrons. The third-order valence-corrected chi connectivity index (χ3v) is 6.30. The zero-order valence-corrected chi connectivity index (χ0v) is 17.8. The van der Waals surface area contributed by atoms with Gasteiger partial charge in [0.05, 0.1) is 29.8 Å². The number of amides is 1. The van der Waals surface area contributed by atoms with Crippen molar-refractivity contribution in [3.8, 4) is 11.3 Å². The molecule has 0 saturated heterocycles. The van der Waals surface area contributed by atoms with Crippen molar-refractivity contribution >= 4 is 11.7 Å². The van der Waals surface area contributed by atoms with Gasteiger partial charge in [0.1, 0.15) is 5.78 Å². The van der Waals surface area contributed by atoms with Crippen molar-refractivity contribution in [1.82, 2.24) is 14.9 Å². The number of carbonyl (C=O) groups is 2. The summed E-state index contributed by atoms with van der Waals surface area (Å²) in [5, 5.41) is 3.12. The lowest BCUT2D eigenvalue weighted by molar-refractivity contribution is -0.122. The van der Waals surface area contributed by atoms with Gasteiger partial charge in [-0.1, -0.05) is 55.7 Å². The minimum Gasteiger partial charge on any atom is -0.347 e. The third-order valence-electron chi connectivity index (χ3n) is 6.30. The molecule has 2 heterocycles. The number of Topliss-reactive ketones (excluding diaryl/α,β-unsaturated/α-hetero) is 1. The molecule has 0 radical (unpaired) electrons. The summed E-state index contributed by atoms with van der Waals surface area (Å²) in [4.78, 5) is 29.3. The number of hydrogen-bond donors (Lipinski definition) is 1. The van der Waals surface area contributed by atoms with Gasteiger partial charge in [0, 0.05) is 24.8 Å². The van der Waals surface area contributed by atoms with Gasteiger partial charge in [-0.05, 0) is 36.8 Å². The molecule has 5 nitrogen and oxygen atoms in total. The maximum Gasteiger partial charge on any atom is 0.220 e. The van der Waals surface area contributed by atoms with E-state index >= 15 is 0 Å². The molecule has 1 atom stereocenters. The fourth-order valence-corrected chi connectivity index (χ4v) is 4.39. The summed E-state index contributed by atoms with van der Waals surface area (Å²) in [6.07, 6.45) is 13.8.